The first kappa shape index (κ1) is 17.2. The predicted molar refractivity (Wildman–Crippen MR) is 86.1 cm³/mol. The maximum atomic E-state index is 5.97. The van der Waals surface area contributed by atoms with E-state index in [9.17, 15) is 0 Å². The number of halogens is 2. The SMILES string of the molecule is Cl.NCC1CN(Cc2nc(-c3cccc(Cl)c3)no2)CCO1. The molecule has 0 amide bonds. The van der Waals surface area contributed by atoms with Crippen molar-refractivity contribution in [2.75, 3.05) is 26.2 Å². The highest BCUT2D eigenvalue weighted by Gasteiger charge is 2.21. The first-order valence-electron chi connectivity index (χ1n) is 6.87. The summed E-state index contributed by atoms with van der Waals surface area (Å²) in [6.07, 6.45) is 0.0778. The lowest BCUT2D eigenvalue weighted by molar-refractivity contribution is -0.0288. The third-order valence-electron chi connectivity index (χ3n) is 3.40. The van der Waals surface area contributed by atoms with Crippen LogP contribution in [-0.4, -0.2) is 47.4 Å². The van der Waals surface area contributed by atoms with Gasteiger partial charge < -0.3 is 15.0 Å². The van der Waals surface area contributed by atoms with Gasteiger partial charge in [0.2, 0.25) is 11.7 Å². The molecular formula is C14H18Cl2N4O2. The molecule has 120 valence electrons. The lowest BCUT2D eigenvalue weighted by Crippen LogP contribution is -2.45. The zero-order valence-electron chi connectivity index (χ0n) is 11.9. The van der Waals surface area contributed by atoms with Crippen LogP contribution in [-0.2, 0) is 11.3 Å². The molecule has 1 fully saturated rings. The fraction of sp³-hybridized carbons (Fsp3) is 0.429. The minimum Gasteiger partial charge on any atom is -0.374 e. The van der Waals surface area contributed by atoms with Crippen LogP contribution < -0.4 is 5.73 Å². The molecule has 2 aromatic rings. The van der Waals surface area contributed by atoms with Crippen molar-refractivity contribution in [1.29, 1.82) is 0 Å². The van der Waals surface area contributed by atoms with Crippen LogP contribution in [0.15, 0.2) is 28.8 Å². The molecule has 1 unspecified atom stereocenters. The van der Waals surface area contributed by atoms with E-state index < -0.39 is 0 Å². The Morgan fingerprint density at radius 3 is 3.05 bits per heavy atom. The van der Waals surface area contributed by atoms with Gasteiger partial charge in [-0.15, -0.1) is 12.4 Å². The number of nitrogens with zero attached hydrogens (tertiary/aromatic N) is 3. The van der Waals surface area contributed by atoms with E-state index in [1.54, 1.807) is 0 Å². The minimum atomic E-state index is 0. The molecule has 1 atom stereocenters. The van der Waals surface area contributed by atoms with Gasteiger partial charge in [-0.25, -0.2) is 0 Å². The van der Waals surface area contributed by atoms with Crippen molar-refractivity contribution < 1.29 is 9.26 Å². The van der Waals surface area contributed by atoms with Gasteiger partial charge in [0.15, 0.2) is 0 Å². The molecule has 0 saturated carbocycles. The summed E-state index contributed by atoms with van der Waals surface area (Å²) >= 11 is 5.97. The summed E-state index contributed by atoms with van der Waals surface area (Å²) in [6, 6.07) is 7.39. The number of morpholine rings is 1. The Morgan fingerprint density at radius 1 is 1.41 bits per heavy atom. The highest BCUT2D eigenvalue weighted by atomic mass is 35.5. The molecule has 1 saturated heterocycles. The third-order valence-corrected chi connectivity index (χ3v) is 3.63. The quantitative estimate of drug-likeness (QED) is 0.913. The van der Waals surface area contributed by atoms with Gasteiger partial charge in [0.25, 0.3) is 0 Å². The second-order valence-corrected chi connectivity index (χ2v) is 5.42. The monoisotopic (exact) mass is 344 g/mol. The number of aromatic nitrogens is 2. The van der Waals surface area contributed by atoms with Crippen LogP contribution in [0.5, 0.6) is 0 Å². The van der Waals surface area contributed by atoms with E-state index >= 15 is 0 Å². The van der Waals surface area contributed by atoms with Gasteiger partial charge in [0, 0.05) is 30.2 Å². The molecule has 0 aliphatic carbocycles. The first-order chi connectivity index (χ1) is 10.2. The fourth-order valence-electron chi connectivity index (χ4n) is 2.32. The Morgan fingerprint density at radius 2 is 2.27 bits per heavy atom. The zero-order valence-corrected chi connectivity index (χ0v) is 13.5. The van der Waals surface area contributed by atoms with Crippen molar-refractivity contribution in [2.24, 2.45) is 5.73 Å². The average Bonchev–Trinajstić information content (AvgIpc) is 2.96. The van der Waals surface area contributed by atoms with Gasteiger partial charge in [0.05, 0.1) is 19.3 Å². The summed E-state index contributed by atoms with van der Waals surface area (Å²) in [6.45, 7) is 3.43. The van der Waals surface area contributed by atoms with E-state index in [4.69, 9.17) is 26.6 Å². The van der Waals surface area contributed by atoms with Crippen molar-refractivity contribution in [3.05, 3.63) is 35.2 Å². The van der Waals surface area contributed by atoms with E-state index in [-0.39, 0.29) is 18.5 Å². The summed E-state index contributed by atoms with van der Waals surface area (Å²) in [7, 11) is 0. The summed E-state index contributed by atoms with van der Waals surface area (Å²) in [4.78, 5) is 6.62. The summed E-state index contributed by atoms with van der Waals surface area (Å²) in [5.41, 5.74) is 6.48. The molecule has 2 N–H and O–H groups in total. The second-order valence-electron chi connectivity index (χ2n) is 4.99. The van der Waals surface area contributed by atoms with Gasteiger partial charge in [-0.1, -0.05) is 28.9 Å². The Hall–Kier alpha value is -1.18. The van der Waals surface area contributed by atoms with Crippen LogP contribution in [0.4, 0.5) is 0 Å². The van der Waals surface area contributed by atoms with E-state index in [2.05, 4.69) is 15.0 Å². The molecule has 0 radical (unpaired) electrons. The number of hydrogen-bond donors (Lipinski definition) is 1. The lowest BCUT2D eigenvalue weighted by Gasteiger charge is -2.31. The maximum absolute atomic E-state index is 5.97. The molecule has 1 aliphatic heterocycles. The van der Waals surface area contributed by atoms with Crippen LogP contribution >= 0.6 is 24.0 Å². The first-order valence-corrected chi connectivity index (χ1v) is 7.25. The van der Waals surface area contributed by atoms with Crippen molar-refractivity contribution in [2.45, 2.75) is 12.6 Å². The zero-order chi connectivity index (χ0) is 14.7. The van der Waals surface area contributed by atoms with Gasteiger partial charge in [-0.3, -0.25) is 4.90 Å². The van der Waals surface area contributed by atoms with Crippen molar-refractivity contribution >= 4 is 24.0 Å². The number of hydrogen-bond acceptors (Lipinski definition) is 6. The van der Waals surface area contributed by atoms with E-state index in [0.29, 0.717) is 36.4 Å². The average molecular weight is 345 g/mol. The predicted octanol–water partition coefficient (Wildman–Crippen LogP) is 1.97. The van der Waals surface area contributed by atoms with Crippen LogP contribution in [0.1, 0.15) is 5.89 Å². The van der Waals surface area contributed by atoms with Crippen molar-refractivity contribution in [3.63, 3.8) is 0 Å². The lowest BCUT2D eigenvalue weighted by atomic mass is 10.2. The number of rotatable bonds is 4. The fourth-order valence-corrected chi connectivity index (χ4v) is 2.51. The highest BCUT2D eigenvalue weighted by molar-refractivity contribution is 6.30. The highest BCUT2D eigenvalue weighted by Crippen LogP contribution is 2.20. The number of benzene rings is 1. The normalized spacial score (nSPS) is 18.9. The molecule has 3 rings (SSSR count). The number of nitrogens with two attached hydrogens (primary N) is 1. The Kier molecular flexibility index (Phi) is 6.16. The van der Waals surface area contributed by atoms with Gasteiger partial charge in [0.1, 0.15) is 0 Å². The molecule has 0 spiro atoms. The Balaban J connectivity index is 0.00000176. The Bertz CT molecular complexity index is 608. The second kappa shape index (κ2) is 7.89. The standard InChI is InChI=1S/C14H17ClN4O2.ClH/c15-11-3-1-2-10(6-11)14-17-13(21-18-14)9-19-4-5-20-12(7-16)8-19;/h1-3,6,12H,4-5,7-9,16H2;1H. The van der Waals surface area contributed by atoms with Crippen molar-refractivity contribution in [1.82, 2.24) is 15.0 Å². The topological polar surface area (TPSA) is 77.4 Å². The van der Waals surface area contributed by atoms with E-state index in [1.165, 1.54) is 0 Å². The smallest absolute Gasteiger partial charge is 0.241 e. The Labute approximate surface area is 140 Å². The molecule has 1 aromatic heterocycles. The molecule has 6 nitrogen and oxygen atoms in total. The van der Waals surface area contributed by atoms with Crippen LogP contribution in [0.2, 0.25) is 5.02 Å². The van der Waals surface area contributed by atoms with Crippen LogP contribution in [0.25, 0.3) is 11.4 Å². The summed E-state index contributed by atoms with van der Waals surface area (Å²) in [5.74, 6) is 1.14. The largest absolute Gasteiger partial charge is 0.374 e. The molecular weight excluding hydrogens is 327 g/mol. The molecule has 2 heterocycles. The minimum absolute atomic E-state index is 0. The number of ether oxygens (including phenoxy) is 1. The van der Waals surface area contributed by atoms with Crippen molar-refractivity contribution in [3.8, 4) is 11.4 Å². The molecule has 8 heteroatoms. The summed E-state index contributed by atoms with van der Waals surface area (Å²) in [5, 5.41) is 4.66. The molecule has 1 aromatic carbocycles. The molecule has 1 aliphatic rings. The third kappa shape index (κ3) is 4.18. The van der Waals surface area contributed by atoms with Crippen LogP contribution in [0, 0.1) is 0 Å². The van der Waals surface area contributed by atoms with E-state index in [0.717, 1.165) is 18.7 Å². The van der Waals surface area contributed by atoms with E-state index in [1.807, 2.05) is 24.3 Å². The molecule has 22 heavy (non-hydrogen) atoms. The summed E-state index contributed by atoms with van der Waals surface area (Å²) < 4.78 is 10.8. The molecule has 0 bridgehead atoms. The van der Waals surface area contributed by atoms with Crippen LogP contribution in [0.3, 0.4) is 0 Å². The maximum Gasteiger partial charge on any atom is 0.241 e. The van der Waals surface area contributed by atoms with Gasteiger partial charge >= 0.3 is 0 Å². The van der Waals surface area contributed by atoms with Gasteiger partial charge in [-0.05, 0) is 12.1 Å². The van der Waals surface area contributed by atoms with Gasteiger partial charge in [-0.2, -0.15) is 4.98 Å².